The summed E-state index contributed by atoms with van der Waals surface area (Å²) in [6, 6.07) is 0.900. The summed E-state index contributed by atoms with van der Waals surface area (Å²) < 4.78 is 1.32. The van der Waals surface area contributed by atoms with Crippen molar-refractivity contribution in [2.24, 2.45) is 5.92 Å². The minimum absolute atomic E-state index is 0.848. The number of nitrogens with zero attached hydrogens (tertiary/aromatic N) is 1. The molecule has 1 fully saturated rings. The Balaban J connectivity index is 2.51. The van der Waals surface area contributed by atoms with Gasteiger partial charge in [-0.3, -0.25) is 0 Å². The van der Waals surface area contributed by atoms with Crippen LogP contribution < -0.4 is 0 Å². The second-order valence-corrected chi connectivity index (χ2v) is 4.77. The van der Waals surface area contributed by atoms with Gasteiger partial charge < -0.3 is 4.48 Å². The van der Waals surface area contributed by atoms with Crippen LogP contribution in [0.5, 0.6) is 0 Å². The van der Waals surface area contributed by atoms with E-state index in [0.29, 0.717) is 0 Å². The Labute approximate surface area is 71.0 Å². The molecule has 2 unspecified atom stereocenters. The molecule has 0 aromatic rings. The molecule has 0 amide bonds. The molecule has 11 heavy (non-hydrogen) atoms. The molecule has 1 saturated heterocycles. The van der Waals surface area contributed by atoms with Gasteiger partial charge in [0.05, 0.1) is 26.2 Å². The van der Waals surface area contributed by atoms with Crippen LogP contribution in [-0.4, -0.2) is 30.7 Å². The van der Waals surface area contributed by atoms with Gasteiger partial charge in [-0.25, -0.2) is 0 Å². The largest absolute Gasteiger partial charge is 0.324 e. The predicted octanol–water partition coefficient (Wildman–Crippen LogP) is 2.27. The number of quaternary nitrogens is 1. The molecule has 1 aliphatic heterocycles. The maximum absolute atomic E-state index is 2.41. The van der Waals surface area contributed by atoms with E-state index >= 15 is 0 Å². The fraction of sp³-hybridized carbons (Fsp3) is 1.00. The smallest absolute Gasteiger partial charge is 0.0862 e. The molecule has 0 N–H and O–H groups in total. The van der Waals surface area contributed by atoms with Gasteiger partial charge in [-0.1, -0.05) is 13.8 Å². The molecule has 66 valence electrons. The summed E-state index contributed by atoms with van der Waals surface area (Å²) in [6.07, 6.45) is 2.87. The quantitative estimate of drug-likeness (QED) is 0.538. The van der Waals surface area contributed by atoms with Crippen LogP contribution in [0.3, 0.4) is 0 Å². The van der Waals surface area contributed by atoms with E-state index in [9.17, 15) is 0 Å². The summed E-state index contributed by atoms with van der Waals surface area (Å²) >= 11 is 0. The van der Waals surface area contributed by atoms with Crippen molar-refractivity contribution in [2.45, 2.75) is 39.7 Å². The zero-order valence-electron chi connectivity index (χ0n) is 8.43. The molecule has 0 aromatic carbocycles. The minimum atomic E-state index is 0.848. The van der Waals surface area contributed by atoms with Crippen molar-refractivity contribution in [1.29, 1.82) is 0 Å². The van der Waals surface area contributed by atoms with Crippen molar-refractivity contribution in [3.05, 3.63) is 0 Å². The summed E-state index contributed by atoms with van der Waals surface area (Å²) in [6.45, 7) is 9.82. The molecular weight excluding hydrogens is 134 g/mol. The first-order valence-electron chi connectivity index (χ1n) is 4.89. The first kappa shape index (κ1) is 9.05. The van der Waals surface area contributed by atoms with E-state index in [0.717, 1.165) is 12.0 Å². The molecule has 1 heterocycles. The van der Waals surface area contributed by atoms with Gasteiger partial charge in [-0.15, -0.1) is 0 Å². The lowest BCUT2D eigenvalue weighted by Gasteiger charge is -2.35. The van der Waals surface area contributed by atoms with E-state index in [-0.39, 0.29) is 0 Å². The second-order valence-electron chi connectivity index (χ2n) is 4.77. The Kier molecular flexibility index (Phi) is 2.58. The topological polar surface area (TPSA) is 0 Å². The highest BCUT2D eigenvalue weighted by Gasteiger charge is 2.34. The van der Waals surface area contributed by atoms with Gasteiger partial charge in [-0.2, -0.15) is 0 Å². The molecule has 0 spiro atoms. The van der Waals surface area contributed by atoms with Crippen molar-refractivity contribution in [1.82, 2.24) is 0 Å². The zero-order chi connectivity index (χ0) is 8.48. The van der Waals surface area contributed by atoms with E-state index in [4.69, 9.17) is 0 Å². The van der Waals surface area contributed by atoms with Crippen LogP contribution in [-0.2, 0) is 0 Å². The average molecular weight is 156 g/mol. The third kappa shape index (κ3) is 1.96. The van der Waals surface area contributed by atoms with E-state index < -0.39 is 0 Å². The monoisotopic (exact) mass is 156 g/mol. The standard InChI is InChI=1S/C10H22N/c1-9(2)8-11(4)7-5-6-10(11)3/h9-10H,5-8H2,1-4H3/q+1. The molecular formula is C10H22N+. The van der Waals surface area contributed by atoms with Crippen LogP contribution in [0.4, 0.5) is 0 Å². The molecule has 0 aliphatic carbocycles. The molecule has 1 nitrogen and oxygen atoms in total. The number of hydrogen-bond donors (Lipinski definition) is 0. The fourth-order valence-electron chi connectivity index (χ4n) is 2.39. The summed E-state index contributed by atoms with van der Waals surface area (Å²) in [7, 11) is 2.41. The predicted molar refractivity (Wildman–Crippen MR) is 49.5 cm³/mol. The van der Waals surface area contributed by atoms with Gasteiger partial charge >= 0.3 is 0 Å². The van der Waals surface area contributed by atoms with Gasteiger partial charge in [0, 0.05) is 18.8 Å². The Morgan fingerprint density at radius 3 is 2.45 bits per heavy atom. The number of likely N-dealkylation sites (tertiary alicyclic amines) is 1. The van der Waals surface area contributed by atoms with Crippen molar-refractivity contribution in [3.8, 4) is 0 Å². The van der Waals surface area contributed by atoms with Crippen molar-refractivity contribution in [3.63, 3.8) is 0 Å². The maximum atomic E-state index is 2.41. The molecule has 0 bridgehead atoms. The third-order valence-electron chi connectivity index (χ3n) is 3.14. The first-order valence-corrected chi connectivity index (χ1v) is 4.89. The Morgan fingerprint density at radius 2 is 2.09 bits per heavy atom. The van der Waals surface area contributed by atoms with Crippen LogP contribution >= 0.6 is 0 Å². The highest BCUT2D eigenvalue weighted by atomic mass is 15.4. The van der Waals surface area contributed by atoms with Crippen molar-refractivity contribution in [2.75, 3.05) is 20.1 Å². The minimum Gasteiger partial charge on any atom is -0.324 e. The lowest BCUT2D eigenvalue weighted by Crippen LogP contribution is -2.48. The van der Waals surface area contributed by atoms with E-state index in [1.165, 1.54) is 30.4 Å². The lowest BCUT2D eigenvalue weighted by molar-refractivity contribution is -0.921. The molecule has 0 aromatic heterocycles. The Hall–Kier alpha value is -0.0400. The lowest BCUT2D eigenvalue weighted by atomic mass is 10.1. The summed E-state index contributed by atoms with van der Waals surface area (Å²) in [5.74, 6) is 0.848. The molecule has 1 heteroatoms. The van der Waals surface area contributed by atoms with Gasteiger partial charge in [0.1, 0.15) is 0 Å². The normalized spacial score (nSPS) is 38.5. The van der Waals surface area contributed by atoms with Crippen molar-refractivity contribution < 1.29 is 4.48 Å². The average Bonchev–Trinajstić information content (AvgIpc) is 2.11. The second kappa shape index (κ2) is 3.14. The summed E-state index contributed by atoms with van der Waals surface area (Å²) in [4.78, 5) is 0. The zero-order valence-corrected chi connectivity index (χ0v) is 8.43. The van der Waals surface area contributed by atoms with E-state index in [1.54, 1.807) is 0 Å². The molecule has 1 rings (SSSR count). The van der Waals surface area contributed by atoms with Crippen LogP contribution in [0.25, 0.3) is 0 Å². The fourth-order valence-corrected chi connectivity index (χ4v) is 2.39. The van der Waals surface area contributed by atoms with Crippen LogP contribution in [0.15, 0.2) is 0 Å². The maximum Gasteiger partial charge on any atom is 0.0862 e. The van der Waals surface area contributed by atoms with E-state index in [1.807, 2.05) is 0 Å². The number of rotatable bonds is 2. The molecule has 0 radical (unpaired) electrons. The highest BCUT2D eigenvalue weighted by molar-refractivity contribution is 4.62. The molecule has 1 aliphatic rings. The van der Waals surface area contributed by atoms with Crippen molar-refractivity contribution >= 4 is 0 Å². The SMILES string of the molecule is CC(C)C[N+]1(C)CCCC1C. The molecule has 0 saturated carbocycles. The molecule has 2 atom stereocenters. The summed E-state index contributed by atoms with van der Waals surface area (Å²) in [5, 5.41) is 0. The van der Waals surface area contributed by atoms with Gasteiger partial charge in [0.15, 0.2) is 0 Å². The van der Waals surface area contributed by atoms with Crippen LogP contribution in [0.1, 0.15) is 33.6 Å². The van der Waals surface area contributed by atoms with E-state index in [2.05, 4.69) is 27.8 Å². The summed E-state index contributed by atoms with van der Waals surface area (Å²) in [5.41, 5.74) is 0. The van der Waals surface area contributed by atoms with Gasteiger partial charge in [0.25, 0.3) is 0 Å². The Morgan fingerprint density at radius 1 is 1.45 bits per heavy atom. The first-order chi connectivity index (χ1) is 5.04. The highest BCUT2D eigenvalue weighted by Crippen LogP contribution is 2.25. The van der Waals surface area contributed by atoms with Crippen LogP contribution in [0, 0.1) is 5.92 Å². The number of hydrogen-bond acceptors (Lipinski definition) is 0. The van der Waals surface area contributed by atoms with Gasteiger partial charge in [0.2, 0.25) is 0 Å². The third-order valence-corrected chi connectivity index (χ3v) is 3.14. The van der Waals surface area contributed by atoms with Crippen LogP contribution in [0.2, 0.25) is 0 Å². The Bertz CT molecular complexity index is 131. The van der Waals surface area contributed by atoms with Gasteiger partial charge in [-0.05, 0) is 6.92 Å².